The summed E-state index contributed by atoms with van der Waals surface area (Å²) in [5.74, 6) is -7.06. The number of phenolic OH excluding ortho intramolecular Hbond substituents is 1. The van der Waals surface area contributed by atoms with Gasteiger partial charge in [-0.1, -0.05) is 19.6 Å². The zero-order valence-corrected chi connectivity index (χ0v) is 18.1. The third kappa shape index (κ3) is 4.63. The molecule has 0 aromatic heterocycles. The van der Waals surface area contributed by atoms with Gasteiger partial charge in [-0.15, -0.1) is 0 Å². The number of nitrogens with one attached hydrogen (secondary N) is 1. The lowest BCUT2D eigenvalue weighted by molar-refractivity contribution is -0.133. The first-order valence-corrected chi connectivity index (χ1v) is 10.0. The molecule has 4 atom stereocenters. The van der Waals surface area contributed by atoms with Gasteiger partial charge in [0.05, 0.1) is 17.6 Å². The predicted octanol–water partition coefficient (Wildman–Crippen LogP) is 0.572. The van der Waals surface area contributed by atoms with Crippen molar-refractivity contribution in [1.82, 2.24) is 5.32 Å². The van der Waals surface area contributed by atoms with E-state index in [0.717, 1.165) is 0 Å². The van der Waals surface area contributed by atoms with E-state index in [1.165, 1.54) is 13.1 Å². The molecule has 3 aliphatic carbocycles. The Morgan fingerprint density at radius 1 is 1.12 bits per heavy atom. The number of aliphatic hydroxyl groups excluding tert-OH is 3. The average Bonchev–Trinajstić information content (AvgIpc) is 2.73. The smallest absolute Gasteiger partial charge is 0.255 e. The maximum Gasteiger partial charge on any atom is 0.255 e. The van der Waals surface area contributed by atoms with E-state index in [9.17, 15) is 34.8 Å². The number of Topliss-reactive ketones (excluding diaryl/α,β-unsaturated/α-hetero) is 2. The lowest BCUT2D eigenvalue weighted by Gasteiger charge is -2.44. The van der Waals surface area contributed by atoms with E-state index in [1.807, 2.05) is 14.1 Å². The van der Waals surface area contributed by atoms with Crippen LogP contribution in [0.15, 0.2) is 35.1 Å². The number of primary amides is 1. The molecule has 1 aromatic rings. The number of ketones is 2. The van der Waals surface area contributed by atoms with Gasteiger partial charge in [-0.05, 0) is 39.2 Å². The van der Waals surface area contributed by atoms with Gasteiger partial charge in [-0.2, -0.15) is 0 Å². The third-order valence-corrected chi connectivity index (χ3v) is 5.76. The van der Waals surface area contributed by atoms with Crippen molar-refractivity contribution in [2.45, 2.75) is 26.4 Å². The lowest BCUT2D eigenvalue weighted by Crippen LogP contribution is -2.52. The first-order valence-electron chi connectivity index (χ1n) is 10.0. The van der Waals surface area contributed by atoms with Crippen LogP contribution < -0.4 is 16.8 Å². The Bertz CT molecular complexity index is 1010. The number of aliphatic hydroxyl groups is 3. The number of aromatic hydroxyl groups is 1. The molecule has 33 heavy (non-hydrogen) atoms. The molecule has 9 N–H and O–H groups in total. The number of phenols is 1. The standard InChI is InChI=1S/C19H17NO7.C2H7N.CH5N.CH4.H2/c20-19(27)14-10(22)5-8-13(18(14)26)17(25)12-7(15(8)23)4-6-2-1-3-9(21)11(6)16(12)24;1-3-2;1-2;;/h1-3,7-8,13,15,21,23-24,26H,4-5H2,(H2,20,27);3H,1-2H3;2H2,1H3;1H4;1H/t7?,8-,13?,15-;;;;/m1..../s1. The number of benzene rings is 1. The molecule has 1 amide bonds. The maximum atomic E-state index is 13.1. The molecular formula is C23H35N3O7. The first-order chi connectivity index (χ1) is 15.1. The van der Waals surface area contributed by atoms with Crippen LogP contribution in [0.3, 0.4) is 0 Å². The van der Waals surface area contributed by atoms with Gasteiger partial charge in [0.1, 0.15) is 22.8 Å². The first kappa shape index (κ1) is 27.8. The number of allylic oxidation sites excluding steroid dienone is 1. The minimum absolute atomic E-state index is 0. The van der Waals surface area contributed by atoms with Crippen LogP contribution in [0.25, 0.3) is 5.76 Å². The van der Waals surface area contributed by atoms with Gasteiger partial charge in [0.15, 0.2) is 11.6 Å². The van der Waals surface area contributed by atoms with E-state index >= 15 is 0 Å². The van der Waals surface area contributed by atoms with Gasteiger partial charge in [-0.3, -0.25) is 14.4 Å². The van der Waals surface area contributed by atoms with Crippen molar-refractivity contribution in [2.24, 2.45) is 29.2 Å². The number of nitrogens with two attached hydrogens (primary N) is 2. The van der Waals surface area contributed by atoms with Crippen molar-refractivity contribution in [1.29, 1.82) is 0 Å². The second-order valence-corrected chi connectivity index (χ2v) is 7.63. The van der Waals surface area contributed by atoms with E-state index < -0.39 is 58.4 Å². The monoisotopic (exact) mass is 465 g/mol. The number of carbonyl (C=O) groups excluding carboxylic acids is 3. The largest absolute Gasteiger partial charge is 0.511 e. The number of rotatable bonds is 1. The van der Waals surface area contributed by atoms with Crippen molar-refractivity contribution in [3.05, 3.63) is 46.2 Å². The number of hydrogen-bond donors (Lipinski definition) is 7. The van der Waals surface area contributed by atoms with E-state index in [-0.39, 0.29) is 38.6 Å². The molecule has 4 rings (SSSR count). The fraction of sp³-hybridized carbons (Fsp3) is 0.435. The molecule has 184 valence electrons. The SMILES string of the molecule is C.CN.CNC.NC(=O)C1=C(O)C2C(=O)C3=C(O)c4c(O)cccc4CC3[C@@H](O)[C@@H]2CC1=O.[HH]. The van der Waals surface area contributed by atoms with Crippen LogP contribution in [0, 0.1) is 17.8 Å². The van der Waals surface area contributed by atoms with Gasteiger partial charge in [0, 0.05) is 25.3 Å². The van der Waals surface area contributed by atoms with Gasteiger partial charge < -0.3 is 37.2 Å². The van der Waals surface area contributed by atoms with Crippen molar-refractivity contribution < 1.29 is 36.2 Å². The molecule has 10 heteroatoms. The summed E-state index contributed by atoms with van der Waals surface area (Å²) < 4.78 is 0. The Balaban J connectivity index is 0.00000145. The van der Waals surface area contributed by atoms with E-state index in [4.69, 9.17) is 5.73 Å². The molecule has 1 saturated carbocycles. The van der Waals surface area contributed by atoms with Gasteiger partial charge in [-0.25, -0.2) is 0 Å². The molecule has 1 fully saturated rings. The highest BCUT2D eigenvalue weighted by molar-refractivity contribution is 6.21. The molecule has 0 saturated heterocycles. The summed E-state index contributed by atoms with van der Waals surface area (Å²) in [4.78, 5) is 36.8. The fourth-order valence-electron chi connectivity index (χ4n) is 4.57. The van der Waals surface area contributed by atoms with Gasteiger partial charge in [0.25, 0.3) is 5.91 Å². The van der Waals surface area contributed by atoms with Crippen LogP contribution in [-0.4, -0.2) is 65.1 Å². The van der Waals surface area contributed by atoms with Crippen LogP contribution in [0.1, 0.15) is 26.4 Å². The summed E-state index contributed by atoms with van der Waals surface area (Å²) in [7, 11) is 5.25. The van der Waals surface area contributed by atoms with Crippen molar-refractivity contribution in [3.63, 3.8) is 0 Å². The summed E-state index contributed by atoms with van der Waals surface area (Å²) in [5.41, 5.74) is 9.55. The minimum Gasteiger partial charge on any atom is -0.511 e. The van der Waals surface area contributed by atoms with Crippen LogP contribution in [0.2, 0.25) is 0 Å². The fourth-order valence-corrected chi connectivity index (χ4v) is 4.57. The molecule has 3 aliphatic rings. The van der Waals surface area contributed by atoms with Crippen LogP contribution in [0.4, 0.5) is 0 Å². The molecule has 0 aliphatic heterocycles. The highest BCUT2D eigenvalue weighted by Crippen LogP contribution is 2.49. The summed E-state index contributed by atoms with van der Waals surface area (Å²) in [5, 5.41) is 44.7. The van der Waals surface area contributed by atoms with Crippen molar-refractivity contribution >= 4 is 23.2 Å². The molecule has 10 nitrogen and oxygen atoms in total. The number of amides is 1. The Morgan fingerprint density at radius 2 is 1.70 bits per heavy atom. The quantitative estimate of drug-likeness (QED) is 0.290. The van der Waals surface area contributed by atoms with Crippen LogP contribution in [0.5, 0.6) is 5.75 Å². The molecule has 0 spiro atoms. The highest BCUT2D eigenvalue weighted by Gasteiger charge is 2.55. The normalized spacial score (nSPS) is 25.2. The van der Waals surface area contributed by atoms with Gasteiger partial charge >= 0.3 is 0 Å². The summed E-state index contributed by atoms with van der Waals surface area (Å²) in [6.45, 7) is 0. The van der Waals surface area contributed by atoms with E-state index in [1.54, 1.807) is 12.1 Å². The summed E-state index contributed by atoms with van der Waals surface area (Å²) in [6, 6.07) is 4.62. The second-order valence-electron chi connectivity index (χ2n) is 7.63. The molecule has 1 aromatic carbocycles. The van der Waals surface area contributed by atoms with Gasteiger partial charge in [0.2, 0.25) is 0 Å². The summed E-state index contributed by atoms with van der Waals surface area (Å²) in [6.07, 6.45) is -1.33. The Kier molecular flexibility index (Phi) is 9.34. The zero-order valence-electron chi connectivity index (χ0n) is 18.1. The lowest BCUT2D eigenvalue weighted by atomic mass is 9.60. The molecular weight excluding hydrogens is 430 g/mol. The van der Waals surface area contributed by atoms with E-state index in [0.29, 0.717) is 5.56 Å². The number of carbonyl (C=O) groups is 3. The number of hydrogen-bond acceptors (Lipinski definition) is 9. The third-order valence-electron chi connectivity index (χ3n) is 5.76. The number of fused-ring (bicyclic) bond motifs is 3. The van der Waals surface area contributed by atoms with Crippen molar-refractivity contribution in [3.8, 4) is 5.75 Å². The minimum atomic E-state index is -1.35. The maximum absolute atomic E-state index is 13.1. The van der Waals surface area contributed by atoms with Crippen LogP contribution in [-0.2, 0) is 20.8 Å². The van der Waals surface area contributed by atoms with E-state index in [2.05, 4.69) is 11.1 Å². The molecule has 0 radical (unpaired) electrons. The van der Waals surface area contributed by atoms with Crippen LogP contribution >= 0.6 is 0 Å². The molecule has 2 unspecified atom stereocenters. The zero-order chi connectivity index (χ0) is 24.3. The van der Waals surface area contributed by atoms with Crippen molar-refractivity contribution in [2.75, 3.05) is 21.1 Å². The second kappa shape index (κ2) is 11.1. The Hall–Kier alpha value is -3.21. The topological polar surface area (TPSA) is 196 Å². The molecule has 0 bridgehead atoms. The average molecular weight is 466 g/mol. The Morgan fingerprint density at radius 3 is 2.24 bits per heavy atom. The molecule has 0 heterocycles. The predicted molar refractivity (Wildman–Crippen MR) is 125 cm³/mol. The summed E-state index contributed by atoms with van der Waals surface area (Å²) >= 11 is 0. The highest BCUT2D eigenvalue weighted by atomic mass is 16.3. The Labute approximate surface area is 194 Å².